The summed E-state index contributed by atoms with van der Waals surface area (Å²) in [5, 5.41) is 0.983. The van der Waals surface area contributed by atoms with Gasteiger partial charge < -0.3 is 4.74 Å². The molecule has 4 nitrogen and oxygen atoms in total. The van der Waals surface area contributed by atoms with Crippen molar-refractivity contribution in [1.82, 2.24) is 9.97 Å². The molecule has 4 rings (SSSR count). The molecule has 0 radical (unpaired) electrons. The quantitative estimate of drug-likeness (QED) is 0.507. The van der Waals surface area contributed by atoms with Crippen LogP contribution in [0.1, 0.15) is 15.9 Å². The van der Waals surface area contributed by atoms with Crippen LogP contribution in [0.5, 0.6) is 0 Å². The monoisotopic (exact) mass is 340 g/mol. The molecule has 0 atom stereocenters. The van der Waals surface area contributed by atoms with E-state index in [0.717, 1.165) is 27.7 Å². The highest BCUT2D eigenvalue weighted by Gasteiger charge is 2.08. The third-order valence-corrected chi connectivity index (χ3v) is 4.12. The molecule has 0 bridgehead atoms. The summed E-state index contributed by atoms with van der Waals surface area (Å²) in [6.45, 7) is 0.267. The Morgan fingerprint density at radius 1 is 0.846 bits per heavy atom. The van der Waals surface area contributed by atoms with Crippen LogP contribution < -0.4 is 0 Å². The summed E-state index contributed by atoms with van der Waals surface area (Å²) < 4.78 is 5.36. The van der Waals surface area contributed by atoms with Gasteiger partial charge in [0.05, 0.1) is 5.56 Å². The Morgan fingerprint density at radius 3 is 2.46 bits per heavy atom. The SMILES string of the molecule is O=C(OCc1ccccc1)c1ccc(-c2cnc3ncccc3c2)cc1. The molecule has 0 aliphatic rings. The van der Waals surface area contributed by atoms with Gasteiger partial charge in [0, 0.05) is 23.3 Å². The average Bonchev–Trinajstić information content (AvgIpc) is 2.72. The lowest BCUT2D eigenvalue weighted by Crippen LogP contribution is -2.05. The normalized spacial score (nSPS) is 10.6. The number of pyridine rings is 2. The second kappa shape index (κ2) is 7.15. The maximum absolute atomic E-state index is 12.2. The molecular weight excluding hydrogens is 324 g/mol. The van der Waals surface area contributed by atoms with Crippen LogP contribution in [0.2, 0.25) is 0 Å². The first kappa shape index (κ1) is 16.0. The first-order valence-corrected chi connectivity index (χ1v) is 8.32. The molecule has 0 saturated heterocycles. The average molecular weight is 340 g/mol. The summed E-state index contributed by atoms with van der Waals surface area (Å²) in [4.78, 5) is 20.8. The Hall–Kier alpha value is -3.53. The van der Waals surface area contributed by atoms with E-state index in [0.29, 0.717) is 5.56 Å². The van der Waals surface area contributed by atoms with Crippen molar-refractivity contribution in [1.29, 1.82) is 0 Å². The van der Waals surface area contributed by atoms with Crippen molar-refractivity contribution < 1.29 is 9.53 Å². The van der Waals surface area contributed by atoms with Gasteiger partial charge in [0.25, 0.3) is 0 Å². The third-order valence-electron chi connectivity index (χ3n) is 4.12. The smallest absolute Gasteiger partial charge is 0.338 e. The molecule has 26 heavy (non-hydrogen) atoms. The van der Waals surface area contributed by atoms with E-state index in [1.165, 1.54) is 0 Å². The van der Waals surface area contributed by atoms with Crippen molar-refractivity contribution in [3.8, 4) is 11.1 Å². The number of carbonyl (C=O) groups excluding carboxylic acids is 1. The number of nitrogens with zero attached hydrogens (tertiary/aromatic N) is 2. The molecule has 0 spiro atoms. The van der Waals surface area contributed by atoms with Crippen LogP contribution in [-0.4, -0.2) is 15.9 Å². The van der Waals surface area contributed by atoms with Gasteiger partial charge in [-0.05, 0) is 41.5 Å². The number of esters is 1. The fourth-order valence-corrected chi connectivity index (χ4v) is 2.73. The summed E-state index contributed by atoms with van der Waals surface area (Å²) in [6.07, 6.45) is 3.52. The number of carbonyl (C=O) groups is 1. The molecule has 2 heterocycles. The van der Waals surface area contributed by atoms with Gasteiger partial charge in [-0.3, -0.25) is 0 Å². The Bertz CT molecular complexity index is 1040. The number of aromatic nitrogens is 2. The Kier molecular flexibility index (Phi) is 4.39. The van der Waals surface area contributed by atoms with Gasteiger partial charge in [-0.25, -0.2) is 14.8 Å². The minimum atomic E-state index is -0.332. The van der Waals surface area contributed by atoms with E-state index in [-0.39, 0.29) is 12.6 Å². The first-order chi connectivity index (χ1) is 12.8. The van der Waals surface area contributed by atoms with Gasteiger partial charge in [-0.2, -0.15) is 0 Å². The molecule has 126 valence electrons. The lowest BCUT2D eigenvalue weighted by molar-refractivity contribution is 0.0473. The number of hydrogen-bond donors (Lipinski definition) is 0. The molecule has 2 aromatic carbocycles. The summed E-state index contributed by atoms with van der Waals surface area (Å²) >= 11 is 0. The van der Waals surface area contributed by atoms with Crippen molar-refractivity contribution in [3.05, 3.63) is 96.3 Å². The van der Waals surface area contributed by atoms with Crippen molar-refractivity contribution in [2.24, 2.45) is 0 Å². The minimum Gasteiger partial charge on any atom is -0.457 e. The Morgan fingerprint density at radius 2 is 1.65 bits per heavy atom. The maximum atomic E-state index is 12.2. The molecule has 0 aliphatic carbocycles. The zero-order valence-corrected chi connectivity index (χ0v) is 14.0. The topological polar surface area (TPSA) is 52.1 Å². The van der Waals surface area contributed by atoms with E-state index < -0.39 is 0 Å². The van der Waals surface area contributed by atoms with E-state index in [4.69, 9.17) is 4.74 Å². The Labute approximate surface area is 151 Å². The fraction of sp³-hybridized carbons (Fsp3) is 0.0455. The van der Waals surface area contributed by atoms with Crippen molar-refractivity contribution >= 4 is 17.0 Å². The zero-order valence-electron chi connectivity index (χ0n) is 14.0. The molecule has 4 heteroatoms. The second-order valence-electron chi connectivity index (χ2n) is 5.91. The van der Waals surface area contributed by atoms with Crippen LogP contribution >= 0.6 is 0 Å². The van der Waals surface area contributed by atoms with Gasteiger partial charge in [0.2, 0.25) is 0 Å². The zero-order chi connectivity index (χ0) is 17.8. The summed E-state index contributed by atoms with van der Waals surface area (Å²) in [5.41, 5.74) is 4.18. The largest absolute Gasteiger partial charge is 0.457 e. The summed E-state index contributed by atoms with van der Waals surface area (Å²) in [6, 6.07) is 22.9. The first-order valence-electron chi connectivity index (χ1n) is 8.32. The highest BCUT2D eigenvalue weighted by atomic mass is 16.5. The van der Waals surface area contributed by atoms with Gasteiger partial charge in [-0.15, -0.1) is 0 Å². The van der Waals surface area contributed by atoms with E-state index in [1.807, 2.05) is 60.7 Å². The standard InChI is InChI=1S/C22H16N2O2/c25-22(26-15-16-5-2-1-3-6-16)18-10-8-17(9-11-18)20-13-19-7-4-12-23-21(19)24-14-20/h1-14H,15H2. The van der Waals surface area contributed by atoms with Gasteiger partial charge in [0.1, 0.15) is 6.61 Å². The molecule has 0 amide bonds. The van der Waals surface area contributed by atoms with E-state index in [2.05, 4.69) is 9.97 Å². The molecule has 4 aromatic rings. The van der Waals surface area contributed by atoms with Gasteiger partial charge in [0.15, 0.2) is 5.65 Å². The predicted octanol–water partition coefficient (Wildman–Crippen LogP) is 4.65. The predicted molar refractivity (Wildman–Crippen MR) is 101 cm³/mol. The van der Waals surface area contributed by atoms with E-state index >= 15 is 0 Å². The number of fused-ring (bicyclic) bond motifs is 1. The summed E-state index contributed by atoms with van der Waals surface area (Å²) in [7, 11) is 0. The van der Waals surface area contributed by atoms with Gasteiger partial charge in [-0.1, -0.05) is 42.5 Å². The summed E-state index contributed by atoms with van der Waals surface area (Å²) in [5.74, 6) is -0.332. The molecule has 0 saturated carbocycles. The molecule has 0 aliphatic heterocycles. The minimum absolute atomic E-state index is 0.267. The Balaban J connectivity index is 1.49. The van der Waals surface area contributed by atoms with Crippen LogP contribution in [0.25, 0.3) is 22.2 Å². The van der Waals surface area contributed by atoms with Crippen LogP contribution in [0.3, 0.4) is 0 Å². The van der Waals surface area contributed by atoms with E-state index in [9.17, 15) is 4.79 Å². The number of hydrogen-bond acceptors (Lipinski definition) is 4. The van der Waals surface area contributed by atoms with Crippen LogP contribution in [0.15, 0.2) is 85.2 Å². The number of ether oxygens (including phenoxy) is 1. The van der Waals surface area contributed by atoms with Crippen molar-refractivity contribution in [2.75, 3.05) is 0 Å². The highest BCUT2D eigenvalue weighted by molar-refractivity contribution is 5.90. The van der Waals surface area contributed by atoms with E-state index in [1.54, 1.807) is 24.5 Å². The molecule has 0 fully saturated rings. The molecule has 2 aromatic heterocycles. The highest BCUT2D eigenvalue weighted by Crippen LogP contribution is 2.22. The second-order valence-corrected chi connectivity index (χ2v) is 5.91. The molecule has 0 N–H and O–H groups in total. The molecule has 0 unspecified atom stereocenters. The number of benzene rings is 2. The van der Waals surface area contributed by atoms with Crippen LogP contribution in [0, 0.1) is 0 Å². The van der Waals surface area contributed by atoms with Crippen molar-refractivity contribution in [3.63, 3.8) is 0 Å². The van der Waals surface area contributed by atoms with Crippen molar-refractivity contribution in [2.45, 2.75) is 6.61 Å². The lowest BCUT2D eigenvalue weighted by Gasteiger charge is -2.07. The van der Waals surface area contributed by atoms with Crippen LogP contribution in [0.4, 0.5) is 0 Å². The van der Waals surface area contributed by atoms with Gasteiger partial charge >= 0.3 is 5.97 Å². The molecular formula is C22H16N2O2. The van der Waals surface area contributed by atoms with Crippen LogP contribution in [-0.2, 0) is 11.3 Å². The maximum Gasteiger partial charge on any atom is 0.338 e. The number of rotatable bonds is 4. The fourth-order valence-electron chi connectivity index (χ4n) is 2.73. The third kappa shape index (κ3) is 3.44. The lowest BCUT2D eigenvalue weighted by atomic mass is 10.0.